The lowest BCUT2D eigenvalue weighted by Gasteiger charge is -2.02. The van der Waals surface area contributed by atoms with E-state index >= 15 is 0 Å². The number of carbonyl (C=O) groups excluding carboxylic acids is 1. The summed E-state index contributed by atoms with van der Waals surface area (Å²) in [6.45, 7) is 2.27. The van der Waals surface area contributed by atoms with E-state index in [4.69, 9.17) is 5.11 Å². The summed E-state index contributed by atoms with van der Waals surface area (Å²) < 4.78 is 0. The third kappa shape index (κ3) is 4.55. The highest BCUT2D eigenvalue weighted by molar-refractivity contribution is 7.99. The van der Waals surface area contributed by atoms with Crippen LogP contribution in [0.2, 0.25) is 0 Å². The number of carbonyl (C=O) groups is 2. The molecule has 0 atom stereocenters. The van der Waals surface area contributed by atoms with Crippen molar-refractivity contribution in [3.63, 3.8) is 0 Å². The Bertz CT molecular complexity index is 623. The molecule has 0 saturated carbocycles. The second-order valence-electron chi connectivity index (χ2n) is 4.11. The maximum atomic E-state index is 12.1. The fourth-order valence-electron chi connectivity index (χ4n) is 1.59. The van der Waals surface area contributed by atoms with Crippen molar-refractivity contribution in [2.45, 2.75) is 6.92 Å². The largest absolute Gasteiger partial charge is 0.481 e. The van der Waals surface area contributed by atoms with E-state index in [-0.39, 0.29) is 11.7 Å². The Hall–Kier alpha value is -1.38. The van der Waals surface area contributed by atoms with E-state index in [9.17, 15) is 9.59 Å². The smallest absolute Gasteiger partial charge is 0.313 e. The molecule has 8 heteroatoms. The molecule has 2 N–H and O–H groups in total. The fourth-order valence-corrected chi connectivity index (χ4v) is 3.93. The van der Waals surface area contributed by atoms with Crippen molar-refractivity contribution in [3.05, 3.63) is 28.1 Å². The van der Waals surface area contributed by atoms with Crippen LogP contribution in [0, 0.1) is 6.92 Å². The second-order valence-corrected chi connectivity index (χ2v) is 7.17. The van der Waals surface area contributed by atoms with Gasteiger partial charge in [0.1, 0.15) is 9.88 Å². The number of thiophene rings is 1. The molecule has 0 aliphatic rings. The van der Waals surface area contributed by atoms with Crippen LogP contribution in [0.15, 0.2) is 17.5 Å². The van der Waals surface area contributed by atoms with Gasteiger partial charge in [0.25, 0.3) is 5.91 Å². The first kappa shape index (κ1) is 16.0. The predicted molar refractivity (Wildman–Crippen MR) is 87.5 cm³/mol. The maximum Gasteiger partial charge on any atom is 0.313 e. The number of nitrogens with one attached hydrogen (secondary N) is 1. The number of carboxylic acids is 1. The average Bonchev–Trinajstić information content (AvgIpc) is 3.06. The van der Waals surface area contributed by atoms with Crippen LogP contribution in [0.25, 0.3) is 9.88 Å². The van der Waals surface area contributed by atoms with Gasteiger partial charge >= 0.3 is 5.97 Å². The molecule has 0 unspecified atom stereocenters. The number of thiazole rings is 1. The van der Waals surface area contributed by atoms with Crippen molar-refractivity contribution in [3.8, 4) is 9.88 Å². The molecule has 0 spiro atoms. The summed E-state index contributed by atoms with van der Waals surface area (Å²) in [5.74, 6) is -0.361. The predicted octanol–water partition coefficient (Wildman–Crippen LogP) is 2.73. The molecule has 2 heterocycles. The molecule has 2 rings (SSSR count). The number of hydrogen-bond donors (Lipinski definition) is 2. The quantitative estimate of drug-likeness (QED) is 0.756. The number of nitrogens with zero attached hydrogens (tertiary/aromatic N) is 1. The minimum absolute atomic E-state index is 0.0536. The van der Waals surface area contributed by atoms with E-state index in [0.29, 0.717) is 17.2 Å². The van der Waals surface area contributed by atoms with Crippen LogP contribution >= 0.6 is 34.4 Å². The van der Waals surface area contributed by atoms with Gasteiger partial charge in [-0.15, -0.1) is 34.4 Å². The van der Waals surface area contributed by atoms with Crippen LogP contribution in [0.3, 0.4) is 0 Å². The van der Waals surface area contributed by atoms with Gasteiger partial charge in [0.2, 0.25) is 0 Å². The molecule has 0 bridgehead atoms. The van der Waals surface area contributed by atoms with Gasteiger partial charge < -0.3 is 10.4 Å². The van der Waals surface area contributed by atoms with E-state index in [1.165, 1.54) is 23.1 Å². The molecule has 0 aliphatic heterocycles. The zero-order valence-corrected chi connectivity index (χ0v) is 13.7. The van der Waals surface area contributed by atoms with E-state index in [1.54, 1.807) is 11.3 Å². The molecule has 0 fully saturated rings. The van der Waals surface area contributed by atoms with Crippen molar-refractivity contribution in [1.29, 1.82) is 0 Å². The Kier molecular flexibility index (Phi) is 5.77. The fraction of sp³-hybridized carbons (Fsp3) is 0.308. The van der Waals surface area contributed by atoms with E-state index < -0.39 is 5.97 Å². The van der Waals surface area contributed by atoms with Crippen molar-refractivity contribution in [1.82, 2.24) is 10.3 Å². The SMILES string of the molecule is Cc1nc(-c2cccs2)sc1C(=O)NCCSCC(=O)O. The Morgan fingerprint density at radius 1 is 1.48 bits per heavy atom. The number of aromatic nitrogens is 1. The standard InChI is InChI=1S/C13H14N2O3S3/c1-8-11(12(18)14-4-6-19-7-10(16)17)21-13(15-8)9-3-2-5-20-9/h2-3,5H,4,6-7H2,1H3,(H,14,18)(H,16,17). The monoisotopic (exact) mass is 342 g/mol. The number of hydrogen-bond acceptors (Lipinski definition) is 6. The average molecular weight is 342 g/mol. The maximum absolute atomic E-state index is 12.1. The van der Waals surface area contributed by atoms with Gasteiger partial charge in [-0.3, -0.25) is 9.59 Å². The number of aryl methyl sites for hydroxylation is 1. The second kappa shape index (κ2) is 7.58. The lowest BCUT2D eigenvalue weighted by molar-refractivity contribution is -0.133. The van der Waals surface area contributed by atoms with Crippen LogP contribution in [0.4, 0.5) is 0 Å². The third-order valence-electron chi connectivity index (χ3n) is 2.49. The van der Waals surface area contributed by atoms with Gasteiger partial charge in [-0.1, -0.05) is 6.07 Å². The van der Waals surface area contributed by atoms with Gasteiger partial charge in [0, 0.05) is 12.3 Å². The number of carboxylic acid groups (broad SMARTS) is 1. The normalized spacial score (nSPS) is 10.5. The summed E-state index contributed by atoms with van der Waals surface area (Å²) in [5.41, 5.74) is 0.721. The number of amides is 1. The molecule has 2 aromatic rings. The van der Waals surface area contributed by atoms with Crippen LogP contribution in [0.5, 0.6) is 0 Å². The number of aliphatic carboxylic acids is 1. The Balaban J connectivity index is 1.89. The third-order valence-corrected chi connectivity index (χ3v) is 5.63. The molecule has 1 amide bonds. The van der Waals surface area contributed by atoms with Crippen LogP contribution in [0.1, 0.15) is 15.4 Å². The molecule has 21 heavy (non-hydrogen) atoms. The Morgan fingerprint density at radius 2 is 2.29 bits per heavy atom. The Labute approximate surface area is 134 Å². The minimum Gasteiger partial charge on any atom is -0.481 e. The summed E-state index contributed by atoms with van der Waals surface area (Å²) in [6, 6.07) is 3.93. The highest BCUT2D eigenvalue weighted by atomic mass is 32.2. The first-order chi connectivity index (χ1) is 10.1. The molecule has 0 saturated heterocycles. The van der Waals surface area contributed by atoms with Gasteiger partial charge in [-0.2, -0.15) is 0 Å². The van der Waals surface area contributed by atoms with Crippen LogP contribution < -0.4 is 5.32 Å². The van der Waals surface area contributed by atoms with Gasteiger partial charge in [0.15, 0.2) is 0 Å². The molecule has 2 aromatic heterocycles. The molecule has 0 aliphatic carbocycles. The highest BCUT2D eigenvalue weighted by Gasteiger charge is 2.16. The van der Waals surface area contributed by atoms with Gasteiger partial charge in [-0.05, 0) is 18.4 Å². The summed E-state index contributed by atoms with van der Waals surface area (Å²) in [6.07, 6.45) is 0. The number of thioether (sulfide) groups is 1. The molecule has 0 radical (unpaired) electrons. The summed E-state index contributed by atoms with van der Waals surface area (Å²) >= 11 is 4.26. The summed E-state index contributed by atoms with van der Waals surface area (Å²) in [5, 5.41) is 14.1. The van der Waals surface area contributed by atoms with Crippen molar-refractivity contribution in [2.24, 2.45) is 0 Å². The van der Waals surface area contributed by atoms with Gasteiger partial charge in [0.05, 0.1) is 16.3 Å². The first-order valence-corrected chi connectivity index (χ1v) is 9.02. The van der Waals surface area contributed by atoms with E-state index in [1.807, 2.05) is 24.4 Å². The molecular weight excluding hydrogens is 328 g/mol. The summed E-state index contributed by atoms with van der Waals surface area (Å²) in [7, 11) is 0. The minimum atomic E-state index is -0.842. The Morgan fingerprint density at radius 3 is 2.95 bits per heavy atom. The van der Waals surface area contributed by atoms with Crippen LogP contribution in [-0.2, 0) is 4.79 Å². The van der Waals surface area contributed by atoms with Crippen molar-refractivity contribution in [2.75, 3.05) is 18.1 Å². The van der Waals surface area contributed by atoms with Crippen LogP contribution in [-0.4, -0.2) is 40.0 Å². The van der Waals surface area contributed by atoms with E-state index in [2.05, 4.69) is 10.3 Å². The van der Waals surface area contributed by atoms with E-state index in [0.717, 1.165) is 15.6 Å². The highest BCUT2D eigenvalue weighted by Crippen LogP contribution is 2.30. The summed E-state index contributed by atoms with van der Waals surface area (Å²) in [4.78, 5) is 28.5. The van der Waals surface area contributed by atoms with Crippen molar-refractivity contribution < 1.29 is 14.7 Å². The number of rotatable bonds is 7. The molecular formula is C13H14N2O3S3. The zero-order chi connectivity index (χ0) is 15.2. The van der Waals surface area contributed by atoms with Crippen molar-refractivity contribution >= 4 is 46.3 Å². The lowest BCUT2D eigenvalue weighted by Crippen LogP contribution is -2.25. The first-order valence-electron chi connectivity index (χ1n) is 6.17. The molecule has 0 aromatic carbocycles. The topological polar surface area (TPSA) is 79.3 Å². The molecule has 5 nitrogen and oxygen atoms in total. The molecule has 112 valence electrons. The lowest BCUT2D eigenvalue weighted by atomic mass is 10.3. The zero-order valence-electron chi connectivity index (χ0n) is 11.3. The van der Waals surface area contributed by atoms with Gasteiger partial charge in [-0.25, -0.2) is 4.98 Å².